The second-order valence-corrected chi connectivity index (χ2v) is 8.79. The van der Waals surface area contributed by atoms with Gasteiger partial charge in [-0.05, 0) is 84.8 Å². The van der Waals surface area contributed by atoms with Gasteiger partial charge in [-0.3, -0.25) is 14.5 Å². The van der Waals surface area contributed by atoms with Crippen molar-refractivity contribution in [1.82, 2.24) is 0 Å². The van der Waals surface area contributed by atoms with E-state index < -0.39 is 17.7 Å². The zero-order chi connectivity index (χ0) is 24.5. The van der Waals surface area contributed by atoms with Crippen LogP contribution in [-0.4, -0.2) is 23.9 Å². The van der Waals surface area contributed by atoms with Crippen LogP contribution in [0.2, 0.25) is 0 Å². The Labute approximate surface area is 203 Å². The van der Waals surface area contributed by atoms with Crippen LogP contribution in [0.1, 0.15) is 46.7 Å². The number of ether oxygens (including phenoxy) is 1. The van der Waals surface area contributed by atoms with Crippen LogP contribution in [0.5, 0.6) is 5.75 Å². The minimum absolute atomic E-state index is 0.0309. The Kier molecular flexibility index (Phi) is 5.84. The molecule has 1 atom stereocenters. The number of aryl methyl sites for hydroxylation is 2. The maximum Gasteiger partial charge on any atom is 0.300 e. The molecule has 3 aromatic carbocycles. The number of rotatable bonds is 4. The van der Waals surface area contributed by atoms with E-state index in [0.29, 0.717) is 28.1 Å². The summed E-state index contributed by atoms with van der Waals surface area (Å²) < 4.78 is 5.38. The fraction of sp³-hybridized carbons (Fsp3) is 0.207. The summed E-state index contributed by atoms with van der Waals surface area (Å²) in [6, 6.07) is 20.5. The van der Waals surface area contributed by atoms with E-state index in [0.717, 1.165) is 25.7 Å². The van der Waals surface area contributed by atoms with Crippen molar-refractivity contribution in [1.29, 1.82) is 5.26 Å². The van der Waals surface area contributed by atoms with Crippen LogP contribution in [0.4, 0.5) is 5.69 Å². The summed E-state index contributed by atoms with van der Waals surface area (Å²) in [6.07, 6.45) is 4.16. The lowest BCUT2D eigenvalue weighted by molar-refractivity contribution is -0.132. The van der Waals surface area contributed by atoms with Crippen molar-refractivity contribution >= 4 is 23.1 Å². The van der Waals surface area contributed by atoms with Gasteiger partial charge in [0.25, 0.3) is 11.7 Å². The summed E-state index contributed by atoms with van der Waals surface area (Å²) in [4.78, 5) is 28.1. The molecule has 1 amide bonds. The standard InChI is InChI=1S/C29H24N2O4/c1-35-24-8-4-7-21(16-24)26-25(27(32)22-12-11-19-5-2-3-6-20(19)15-22)28(33)29(34)31(26)23-13-9-18(17-30)10-14-23/h4,7-16,26,32H,2-3,5-6H2,1H3/b27-25-. The zero-order valence-electron chi connectivity index (χ0n) is 19.3. The third kappa shape index (κ3) is 3.95. The van der Waals surface area contributed by atoms with Crippen LogP contribution in [0.25, 0.3) is 5.76 Å². The van der Waals surface area contributed by atoms with E-state index in [1.165, 1.54) is 16.0 Å². The highest BCUT2D eigenvalue weighted by atomic mass is 16.5. The van der Waals surface area contributed by atoms with E-state index >= 15 is 0 Å². The van der Waals surface area contributed by atoms with Gasteiger partial charge in [0, 0.05) is 11.3 Å². The third-order valence-electron chi connectivity index (χ3n) is 6.75. The predicted octanol–water partition coefficient (Wildman–Crippen LogP) is 5.07. The number of Topliss-reactive ketones (excluding diaryl/α,β-unsaturated/α-hetero) is 1. The first kappa shape index (κ1) is 22.4. The monoisotopic (exact) mass is 464 g/mol. The van der Waals surface area contributed by atoms with Gasteiger partial charge in [-0.15, -0.1) is 0 Å². The van der Waals surface area contributed by atoms with Gasteiger partial charge < -0.3 is 9.84 Å². The number of anilines is 1. The van der Waals surface area contributed by atoms with E-state index in [4.69, 9.17) is 10.00 Å². The number of carbonyl (C=O) groups excluding carboxylic acids is 2. The molecule has 1 aliphatic heterocycles. The number of benzene rings is 3. The van der Waals surface area contributed by atoms with Crippen LogP contribution in [0, 0.1) is 11.3 Å². The summed E-state index contributed by atoms with van der Waals surface area (Å²) in [7, 11) is 1.55. The number of nitriles is 1. The normalized spacial score (nSPS) is 18.7. The molecule has 3 aromatic rings. The van der Waals surface area contributed by atoms with Gasteiger partial charge in [0.1, 0.15) is 11.5 Å². The third-order valence-corrected chi connectivity index (χ3v) is 6.75. The smallest absolute Gasteiger partial charge is 0.300 e. The number of fused-ring (bicyclic) bond motifs is 1. The number of ketones is 1. The van der Waals surface area contributed by atoms with Crippen molar-refractivity contribution < 1.29 is 19.4 Å². The van der Waals surface area contributed by atoms with Crippen LogP contribution < -0.4 is 9.64 Å². The van der Waals surface area contributed by atoms with Gasteiger partial charge in [-0.1, -0.05) is 24.3 Å². The fourth-order valence-electron chi connectivity index (χ4n) is 4.96. The first-order chi connectivity index (χ1) is 17.0. The van der Waals surface area contributed by atoms with Crippen molar-refractivity contribution in [2.45, 2.75) is 31.7 Å². The molecule has 0 saturated carbocycles. The SMILES string of the molecule is COc1cccc(C2/C(=C(/O)c3ccc4c(c3)CCCC4)C(=O)C(=O)N2c2ccc(C#N)cc2)c1. The van der Waals surface area contributed by atoms with Crippen molar-refractivity contribution in [2.24, 2.45) is 0 Å². The molecular weight excluding hydrogens is 440 g/mol. The van der Waals surface area contributed by atoms with Crippen molar-refractivity contribution in [3.05, 3.63) is 100 Å². The fourth-order valence-corrected chi connectivity index (χ4v) is 4.96. The van der Waals surface area contributed by atoms with Crippen LogP contribution in [0.3, 0.4) is 0 Å². The molecule has 6 heteroatoms. The summed E-state index contributed by atoms with van der Waals surface area (Å²) in [5.74, 6) is -1.11. The molecule has 2 aliphatic rings. The molecule has 1 heterocycles. The summed E-state index contributed by atoms with van der Waals surface area (Å²) in [6.45, 7) is 0. The number of carbonyl (C=O) groups is 2. The summed E-state index contributed by atoms with van der Waals surface area (Å²) in [5.41, 5.74) is 4.52. The first-order valence-corrected chi connectivity index (χ1v) is 11.6. The van der Waals surface area contributed by atoms with E-state index in [9.17, 15) is 14.7 Å². The van der Waals surface area contributed by atoms with Gasteiger partial charge in [0.15, 0.2) is 0 Å². The molecule has 35 heavy (non-hydrogen) atoms. The second kappa shape index (κ2) is 9.11. The Bertz CT molecular complexity index is 1400. The molecule has 1 fully saturated rings. The lowest BCUT2D eigenvalue weighted by Crippen LogP contribution is -2.29. The first-order valence-electron chi connectivity index (χ1n) is 11.6. The molecule has 1 unspecified atom stereocenters. The average molecular weight is 465 g/mol. The molecule has 0 radical (unpaired) electrons. The second-order valence-electron chi connectivity index (χ2n) is 8.79. The minimum atomic E-state index is -0.853. The molecule has 1 saturated heterocycles. The van der Waals surface area contributed by atoms with Gasteiger partial charge in [0.2, 0.25) is 0 Å². The van der Waals surface area contributed by atoms with Gasteiger partial charge in [0.05, 0.1) is 30.4 Å². The highest BCUT2D eigenvalue weighted by Crippen LogP contribution is 2.43. The van der Waals surface area contributed by atoms with Crippen LogP contribution >= 0.6 is 0 Å². The minimum Gasteiger partial charge on any atom is -0.507 e. The number of methoxy groups -OCH3 is 1. The summed E-state index contributed by atoms with van der Waals surface area (Å²) >= 11 is 0. The highest BCUT2D eigenvalue weighted by Gasteiger charge is 2.47. The largest absolute Gasteiger partial charge is 0.507 e. The van der Waals surface area contributed by atoms with Gasteiger partial charge in [-0.25, -0.2) is 0 Å². The molecule has 0 spiro atoms. The number of nitrogens with zero attached hydrogens (tertiary/aromatic N) is 2. The van der Waals surface area contributed by atoms with Crippen molar-refractivity contribution in [3.63, 3.8) is 0 Å². The van der Waals surface area contributed by atoms with E-state index in [-0.39, 0.29) is 11.3 Å². The number of hydrogen-bond acceptors (Lipinski definition) is 5. The molecule has 0 bridgehead atoms. The highest BCUT2D eigenvalue weighted by molar-refractivity contribution is 6.51. The van der Waals surface area contributed by atoms with E-state index in [1.54, 1.807) is 55.6 Å². The number of hydrogen-bond donors (Lipinski definition) is 1. The topological polar surface area (TPSA) is 90.6 Å². The van der Waals surface area contributed by atoms with Crippen molar-refractivity contribution in [3.8, 4) is 11.8 Å². The quantitative estimate of drug-likeness (QED) is 0.331. The van der Waals surface area contributed by atoms with Gasteiger partial charge in [-0.2, -0.15) is 5.26 Å². The predicted molar refractivity (Wildman–Crippen MR) is 132 cm³/mol. The zero-order valence-corrected chi connectivity index (χ0v) is 19.3. The Morgan fingerprint density at radius 2 is 1.74 bits per heavy atom. The molecular formula is C29H24N2O4. The lowest BCUT2D eigenvalue weighted by Gasteiger charge is -2.26. The average Bonchev–Trinajstić information content (AvgIpc) is 3.18. The van der Waals surface area contributed by atoms with E-state index in [1.807, 2.05) is 18.2 Å². The maximum atomic E-state index is 13.4. The maximum absolute atomic E-state index is 13.4. The number of amides is 1. The molecule has 1 aliphatic carbocycles. The van der Waals surface area contributed by atoms with Crippen molar-refractivity contribution in [2.75, 3.05) is 12.0 Å². The number of aliphatic hydroxyl groups is 1. The number of aliphatic hydroxyl groups excluding tert-OH is 1. The summed E-state index contributed by atoms with van der Waals surface area (Å²) in [5, 5.41) is 20.6. The molecule has 6 nitrogen and oxygen atoms in total. The van der Waals surface area contributed by atoms with Crippen LogP contribution in [-0.2, 0) is 22.4 Å². The Balaban J connectivity index is 1.69. The molecule has 5 rings (SSSR count). The Morgan fingerprint density at radius 3 is 2.46 bits per heavy atom. The van der Waals surface area contributed by atoms with E-state index in [2.05, 4.69) is 6.07 Å². The molecule has 0 aromatic heterocycles. The molecule has 174 valence electrons. The Morgan fingerprint density at radius 1 is 1.00 bits per heavy atom. The lowest BCUT2D eigenvalue weighted by atomic mass is 9.88. The van der Waals surface area contributed by atoms with Crippen LogP contribution in [0.15, 0.2) is 72.3 Å². The Hall–Kier alpha value is -4.37. The molecule has 1 N–H and O–H groups in total. The van der Waals surface area contributed by atoms with Gasteiger partial charge >= 0.3 is 0 Å².